The maximum atomic E-state index is 12.1. The van der Waals surface area contributed by atoms with E-state index in [2.05, 4.69) is 32.0 Å². The molecule has 2 rings (SSSR count). The van der Waals surface area contributed by atoms with Crippen molar-refractivity contribution in [3.63, 3.8) is 0 Å². The van der Waals surface area contributed by atoms with Gasteiger partial charge in [-0.3, -0.25) is 4.79 Å². The van der Waals surface area contributed by atoms with E-state index < -0.39 is 6.04 Å². The van der Waals surface area contributed by atoms with Crippen LogP contribution in [0.3, 0.4) is 0 Å². The zero-order valence-electron chi connectivity index (χ0n) is 13.7. The molecule has 5 heteroatoms. The molecule has 5 nitrogen and oxygen atoms in total. The quantitative estimate of drug-likeness (QED) is 0.898. The van der Waals surface area contributed by atoms with Gasteiger partial charge in [-0.05, 0) is 31.0 Å². The van der Waals surface area contributed by atoms with Gasteiger partial charge in [-0.25, -0.2) is 0 Å². The van der Waals surface area contributed by atoms with Gasteiger partial charge in [0.2, 0.25) is 5.91 Å². The maximum Gasteiger partial charge on any atom is 0.241 e. The number of carbonyl (C=O) groups excluding carboxylic acids is 1. The third-order valence-electron chi connectivity index (χ3n) is 4.05. The van der Waals surface area contributed by atoms with Crippen LogP contribution in [-0.4, -0.2) is 49.8 Å². The Balaban J connectivity index is 1.87. The van der Waals surface area contributed by atoms with E-state index >= 15 is 0 Å². The molecule has 1 fully saturated rings. The molecule has 122 valence electrons. The first kappa shape index (κ1) is 16.8. The summed E-state index contributed by atoms with van der Waals surface area (Å²) in [5.41, 5.74) is 8.14. The Labute approximate surface area is 132 Å². The number of aryl methyl sites for hydroxylation is 2. The fourth-order valence-electron chi connectivity index (χ4n) is 2.69. The molecule has 1 unspecified atom stereocenters. The molecule has 2 N–H and O–H groups in total. The number of carbonyl (C=O) groups is 1. The molecule has 1 amide bonds. The Hall–Kier alpha value is -1.59. The summed E-state index contributed by atoms with van der Waals surface area (Å²) >= 11 is 0. The number of rotatable bonds is 5. The third kappa shape index (κ3) is 4.21. The van der Waals surface area contributed by atoms with Crippen LogP contribution in [0.15, 0.2) is 18.2 Å². The van der Waals surface area contributed by atoms with Crippen molar-refractivity contribution in [1.29, 1.82) is 0 Å². The second kappa shape index (κ2) is 7.61. The first-order chi connectivity index (χ1) is 10.5. The SMILES string of the molecule is COCC(N)C(=O)N1CCC(Oc2cc(C)ccc2C)CC1. The van der Waals surface area contributed by atoms with Crippen LogP contribution in [0.25, 0.3) is 0 Å². The van der Waals surface area contributed by atoms with Gasteiger partial charge in [0.15, 0.2) is 0 Å². The van der Waals surface area contributed by atoms with Gasteiger partial charge in [0.05, 0.1) is 6.61 Å². The van der Waals surface area contributed by atoms with E-state index in [0.29, 0.717) is 13.1 Å². The van der Waals surface area contributed by atoms with Gasteiger partial charge in [0.25, 0.3) is 0 Å². The van der Waals surface area contributed by atoms with Crippen LogP contribution in [-0.2, 0) is 9.53 Å². The second-order valence-electron chi connectivity index (χ2n) is 5.97. The highest BCUT2D eigenvalue weighted by Gasteiger charge is 2.27. The lowest BCUT2D eigenvalue weighted by molar-refractivity contribution is -0.135. The molecule has 0 aromatic heterocycles. The first-order valence-electron chi connectivity index (χ1n) is 7.78. The minimum Gasteiger partial charge on any atom is -0.490 e. The van der Waals surface area contributed by atoms with Crippen molar-refractivity contribution in [2.75, 3.05) is 26.8 Å². The van der Waals surface area contributed by atoms with Crippen molar-refractivity contribution in [1.82, 2.24) is 4.90 Å². The molecule has 1 aromatic rings. The van der Waals surface area contributed by atoms with Crippen molar-refractivity contribution >= 4 is 5.91 Å². The lowest BCUT2D eigenvalue weighted by Crippen LogP contribution is -2.50. The fourth-order valence-corrected chi connectivity index (χ4v) is 2.69. The average Bonchev–Trinajstić information content (AvgIpc) is 2.51. The molecule has 0 radical (unpaired) electrons. The molecule has 0 spiro atoms. The van der Waals surface area contributed by atoms with Gasteiger partial charge in [0, 0.05) is 33.0 Å². The van der Waals surface area contributed by atoms with Gasteiger partial charge in [-0.1, -0.05) is 12.1 Å². The standard InChI is InChI=1S/C17H26N2O3/c1-12-4-5-13(2)16(10-12)22-14-6-8-19(9-7-14)17(20)15(18)11-21-3/h4-5,10,14-15H,6-9,11,18H2,1-3H3. The highest BCUT2D eigenvalue weighted by molar-refractivity contribution is 5.81. The number of piperidine rings is 1. The highest BCUT2D eigenvalue weighted by Crippen LogP contribution is 2.24. The Morgan fingerprint density at radius 1 is 1.36 bits per heavy atom. The minimum absolute atomic E-state index is 0.0352. The van der Waals surface area contributed by atoms with Gasteiger partial charge in [-0.15, -0.1) is 0 Å². The van der Waals surface area contributed by atoms with E-state index in [4.69, 9.17) is 15.2 Å². The van der Waals surface area contributed by atoms with E-state index in [1.54, 1.807) is 7.11 Å². The molecule has 1 heterocycles. The summed E-state index contributed by atoms with van der Waals surface area (Å²) in [5, 5.41) is 0. The molecule has 0 bridgehead atoms. The second-order valence-corrected chi connectivity index (χ2v) is 5.97. The molecule has 0 saturated carbocycles. The predicted octanol–water partition coefficient (Wildman–Crippen LogP) is 1.65. The normalized spacial score (nSPS) is 17.4. The first-order valence-corrected chi connectivity index (χ1v) is 7.78. The number of hydrogen-bond acceptors (Lipinski definition) is 4. The van der Waals surface area contributed by atoms with E-state index in [0.717, 1.165) is 24.2 Å². The number of nitrogens with two attached hydrogens (primary N) is 1. The molecular weight excluding hydrogens is 280 g/mol. The van der Waals surface area contributed by atoms with E-state index in [1.165, 1.54) is 5.56 Å². The predicted molar refractivity (Wildman–Crippen MR) is 86.0 cm³/mol. The topological polar surface area (TPSA) is 64.8 Å². The van der Waals surface area contributed by atoms with Crippen molar-refractivity contribution < 1.29 is 14.3 Å². The number of ether oxygens (including phenoxy) is 2. The zero-order chi connectivity index (χ0) is 16.1. The molecule has 1 saturated heterocycles. The lowest BCUT2D eigenvalue weighted by Gasteiger charge is -2.33. The van der Waals surface area contributed by atoms with Crippen LogP contribution in [0.2, 0.25) is 0 Å². The van der Waals surface area contributed by atoms with Crippen molar-refractivity contribution in [2.24, 2.45) is 5.73 Å². The highest BCUT2D eigenvalue weighted by atomic mass is 16.5. The van der Waals surface area contributed by atoms with Crippen LogP contribution in [0.5, 0.6) is 5.75 Å². The summed E-state index contributed by atoms with van der Waals surface area (Å²) in [6.45, 7) is 5.75. The number of nitrogens with zero attached hydrogens (tertiary/aromatic N) is 1. The average molecular weight is 306 g/mol. The molecule has 0 aliphatic carbocycles. The largest absolute Gasteiger partial charge is 0.490 e. The van der Waals surface area contributed by atoms with Crippen LogP contribution in [0, 0.1) is 13.8 Å². The van der Waals surface area contributed by atoms with Crippen molar-refractivity contribution in [3.05, 3.63) is 29.3 Å². The Morgan fingerprint density at radius 3 is 2.68 bits per heavy atom. The number of methoxy groups -OCH3 is 1. The van der Waals surface area contributed by atoms with E-state index in [9.17, 15) is 4.79 Å². The molecule has 1 aliphatic heterocycles. The fraction of sp³-hybridized carbons (Fsp3) is 0.588. The summed E-state index contributed by atoms with van der Waals surface area (Å²) in [4.78, 5) is 13.9. The van der Waals surface area contributed by atoms with Crippen molar-refractivity contribution in [3.8, 4) is 5.75 Å². The summed E-state index contributed by atoms with van der Waals surface area (Å²) in [6, 6.07) is 5.66. The Kier molecular flexibility index (Phi) is 5.80. The summed E-state index contributed by atoms with van der Waals surface area (Å²) in [5.74, 6) is 0.910. The van der Waals surface area contributed by atoms with Crippen LogP contribution >= 0.6 is 0 Å². The van der Waals surface area contributed by atoms with Gasteiger partial charge in [-0.2, -0.15) is 0 Å². The molecule has 1 atom stereocenters. The minimum atomic E-state index is -0.568. The molecule has 1 aromatic carbocycles. The third-order valence-corrected chi connectivity index (χ3v) is 4.05. The van der Waals surface area contributed by atoms with Crippen LogP contribution in [0.4, 0.5) is 0 Å². The van der Waals surface area contributed by atoms with Crippen LogP contribution in [0.1, 0.15) is 24.0 Å². The number of amides is 1. The van der Waals surface area contributed by atoms with Gasteiger partial charge < -0.3 is 20.1 Å². The van der Waals surface area contributed by atoms with E-state index in [1.807, 2.05) is 4.90 Å². The van der Waals surface area contributed by atoms with Crippen LogP contribution < -0.4 is 10.5 Å². The Morgan fingerprint density at radius 2 is 2.05 bits per heavy atom. The van der Waals surface area contributed by atoms with Crippen molar-refractivity contribution in [2.45, 2.75) is 38.8 Å². The summed E-state index contributed by atoms with van der Waals surface area (Å²) in [7, 11) is 1.55. The molecular formula is C17H26N2O3. The van der Waals surface area contributed by atoms with Gasteiger partial charge >= 0.3 is 0 Å². The monoisotopic (exact) mass is 306 g/mol. The van der Waals surface area contributed by atoms with E-state index in [-0.39, 0.29) is 18.6 Å². The number of hydrogen-bond donors (Lipinski definition) is 1. The summed E-state index contributed by atoms with van der Waals surface area (Å²) in [6.07, 6.45) is 1.82. The molecule has 1 aliphatic rings. The Bertz CT molecular complexity index is 511. The zero-order valence-corrected chi connectivity index (χ0v) is 13.7. The van der Waals surface area contributed by atoms with Gasteiger partial charge in [0.1, 0.15) is 17.9 Å². The number of likely N-dealkylation sites (tertiary alicyclic amines) is 1. The number of benzene rings is 1. The summed E-state index contributed by atoms with van der Waals surface area (Å²) < 4.78 is 11.1. The maximum absolute atomic E-state index is 12.1. The molecule has 22 heavy (non-hydrogen) atoms. The lowest BCUT2D eigenvalue weighted by atomic mass is 10.1. The smallest absolute Gasteiger partial charge is 0.241 e.